The minimum atomic E-state index is -0.676. The minimum absolute atomic E-state index is 0.212. The van der Waals surface area contributed by atoms with Crippen LogP contribution >= 0.6 is 11.6 Å². The molecule has 0 spiro atoms. The van der Waals surface area contributed by atoms with Gasteiger partial charge in [-0.25, -0.2) is 0 Å². The summed E-state index contributed by atoms with van der Waals surface area (Å²) < 4.78 is 5.52. The van der Waals surface area contributed by atoms with Gasteiger partial charge in [0, 0.05) is 5.02 Å². The largest absolute Gasteiger partial charge is 0.491 e. The lowest BCUT2D eigenvalue weighted by atomic mass is 10.1. The Kier molecular flexibility index (Phi) is 4.24. The van der Waals surface area contributed by atoms with E-state index in [2.05, 4.69) is 0 Å². The molecule has 0 radical (unpaired) electrons. The van der Waals surface area contributed by atoms with E-state index in [0.717, 1.165) is 11.3 Å². The van der Waals surface area contributed by atoms with Crippen molar-refractivity contribution >= 4 is 11.6 Å². The van der Waals surface area contributed by atoms with Gasteiger partial charge in [0.15, 0.2) is 0 Å². The monoisotopic (exact) mass is 262 g/mol. The molecule has 0 aliphatic rings. The average molecular weight is 263 g/mol. The van der Waals surface area contributed by atoms with Crippen LogP contribution in [0.4, 0.5) is 0 Å². The quantitative estimate of drug-likeness (QED) is 0.909. The lowest BCUT2D eigenvalue weighted by Crippen LogP contribution is -2.09. The summed E-state index contributed by atoms with van der Waals surface area (Å²) in [5.41, 5.74) is 1.94. The van der Waals surface area contributed by atoms with Crippen LogP contribution in [0.25, 0.3) is 0 Å². The van der Waals surface area contributed by atoms with E-state index in [9.17, 15) is 5.11 Å². The number of ether oxygens (including phenoxy) is 1. The summed E-state index contributed by atoms with van der Waals surface area (Å²) in [7, 11) is 0. The summed E-state index contributed by atoms with van der Waals surface area (Å²) in [6.45, 7) is 2.23. The molecule has 0 aromatic heterocycles. The summed E-state index contributed by atoms with van der Waals surface area (Å²) in [5, 5.41) is 10.6. The summed E-state index contributed by atoms with van der Waals surface area (Å²) >= 11 is 5.87. The standard InChI is InChI=1S/C15H15ClO2/c1-11-5-7-14(8-6-11)18-10-15(17)12-3-2-4-13(16)9-12/h2-9,15,17H,10H2,1H3. The zero-order valence-electron chi connectivity index (χ0n) is 10.1. The van der Waals surface area contributed by atoms with Crippen LogP contribution in [-0.4, -0.2) is 11.7 Å². The van der Waals surface area contributed by atoms with E-state index in [-0.39, 0.29) is 6.61 Å². The highest BCUT2D eigenvalue weighted by Gasteiger charge is 2.08. The van der Waals surface area contributed by atoms with Gasteiger partial charge in [0.2, 0.25) is 0 Å². The van der Waals surface area contributed by atoms with Gasteiger partial charge in [-0.05, 0) is 36.8 Å². The van der Waals surface area contributed by atoms with Crippen LogP contribution in [0.2, 0.25) is 5.02 Å². The molecule has 1 atom stereocenters. The highest BCUT2D eigenvalue weighted by Crippen LogP contribution is 2.19. The summed E-state index contributed by atoms with van der Waals surface area (Å²) in [5.74, 6) is 0.752. The zero-order chi connectivity index (χ0) is 13.0. The molecule has 0 saturated heterocycles. The van der Waals surface area contributed by atoms with Crippen molar-refractivity contribution in [2.75, 3.05) is 6.61 Å². The van der Waals surface area contributed by atoms with Gasteiger partial charge in [0.05, 0.1) is 0 Å². The molecule has 18 heavy (non-hydrogen) atoms. The maximum atomic E-state index is 9.98. The highest BCUT2D eigenvalue weighted by molar-refractivity contribution is 6.30. The Morgan fingerprint density at radius 3 is 2.56 bits per heavy atom. The topological polar surface area (TPSA) is 29.5 Å². The molecule has 0 aliphatic carbocycles. The van der Waals surface area contributed by atoms with Gasteiger partial charge in [-0.3, -0.25) is 0 Å². The predicted molar refractivity (Wildman–Crippen MR) is 73.1 cm³/mol. The third-order valence-corrected chi connectivity index (χ3v) is 2.90. The Labute approximate surface area is 112 Å². The van der Waals surface area contributed by atoms with E-state index >= 15 is 0 Å². The predicted octanol–water partition coefficient (Wildman–Crippen LogP) is 3.76. The van der Waals surface area contributed by atoms with Gasteiger partial charge in [-0.15, -0.1) is 0 Å². The fourth-order valence-corrected chi connectivity index (χ4v) is 1.82. The van der Waals surface area contributed by atoms with Crippen molar-refractivity contribution in [2.45, 2.75) is 13.0 Å². The van der Waals surface area contributed by atoms with E-state index in [1.54, 1.807) is 12.1 Å². The van der Waals surface area contributed by atoms with Gasteiger partial charge in [0.1, 0.15) is 18.5 Å². The first-order chi connectivity index (χ1) is 8.65. The number of hydrogen-bond donors (Lipinski definition) is 1. The third-order valence-electron chi connectivity index (χ3n) is 2.66. The van der Waals surface area contributed by atoms with Gasteiger partial charge in [-0.1, -0.05) is 41.4 Å². The van der Waals surface area contributed by atoms with Crippen molar-refractivity contribution in [2.24, 2.45) is 0 Å². The number of benzene rings is 2. The molecule has 0 fully saturated rings. The van der Waals surface area contributed by atoms with Crippen LogP contribution in [-0.2, 0) is 0 Å². The number of aliphatic hydroxyl groups excluding tert-OH is 1. The highest BCUT2D eigenvalue weighted by atomic mass is 35.5. The number of halogens is 1. The van der Waals surface area contributed by atoms with Gasteiger partial charge < -0.3 is 9.84 Å². The summed E-state index contributed by atoms with van der Waals surface area (Å²) in [6.07, 6.45) is -0.676. The molecule has 0 aliphatic heterocycles. The van der Waals surface area contributed by atoms with E-state index in [1.165, 1.54) is 5.56 Å². The number of rotatable bonds is 4. The van der Waals surface area contributed by atoms with Crippen molar-refractivity contribution in [1.29, 1.82) is 0 Å². The van der Waals surface area contributed by atoms with Crippen LogP contribution in [0.3, 0.4) is 0 Å². The molecule has 3 heteroatoms. The minimum Gasteiger partial charge on any atom is -0.491 e. The van der Waals surface area contributed by atoms with Gasteiger partial charge in [0.25, 0.3) is 0 Å². The van der Waals surface area contributed by atoms with Crippen molar-refractivity contribution in [3.05, 3.63) is 64.7 Å². The van der Waals surface area contributed by atoms with Crippen molar-refractivity contribution in [3.8, 4) is 5.75 Å². The lowest BCUT2D eigenvalue weighted by molar-refractivity contribution is 0.108. The zero-order valence-corrected chi connectivity index (χ0v) is 10.9. The Balaban J connectivity index is 1.96. The molecule has 0 amide bonds. The fraction of sp³-hybridized carbons (Fsp3) is 0.200. The lowest BCUT2D eigenvalue weighted by Gasteiger charge is -2.13. The molecule has 1 N–H and O–H groups in total. The number of aliphatic hydroxyl groups is 1. The SMILES string of the molecule is Cc1ccc(OCC(O)c2cccc(Cl)c2)cc1. The molecule has 0 heterocycles. The first-order valence-electron chi connectivity index (χ1n) is 5.78. The van der Waals surface area contributed by atoms with E-state index in [0.29, 0.717) is 5.02 Å². The Bertz CT molecular complexity index is 508. The van der Waals surface area contributed by atoms with E-state index in [1.807, 2.05) is 43.3 Å². The van der Waals surface area contributed by atoms with E-state index in [4.69, 9.17) is 16.3 Å². The molecular weight excluding hydrogens is 248 g/mol. The van der Waals surface area contributed by atoms with Crippen LogP contribution in [0, 0.1) is 6.92 Å². The van der Waals surface area contributed by atoms with Crippen LogP contribution in [0.15, 0.2) is 48.5 Å². The molecule has 2 nitrogen and oxygen atoms in total. The van der Waals surface area contributed by atoms with Crippen molar-refractivity contribution < 1.29 is 9.84 Å². The van der Waals surface area contributed by atoms with Gasteiger partial charge >= 0.3 is 0 Å². The fourth-order valence-electron chi connectivity index (χ4n) is 1.62. The number of hydrogen-bond acceptors (Lipinski definition) is 2. The smallest absolute Gasteiger partial charge is 0.119 e. The normalized spacial score (nSPS) is 12.2. The molecule has 2 rings (SSSR count). The summed E-state index contributed by atoms with van der Waals surface area (Å²) in [6, 6.07) is 14.9. The van der Waals surface area contributed by atoms with Crippen LogP contribution in [0.5, 0.6) is 5.75 Å². The molecule has 1 unspecified atom stereocenters. The third kappa shape index (κ3) is 3.49. The molecule has 0 saturated carbocycles. The van der Waals surface area contributed by atoms with Crippen LogP contribution < -0.4 is 4.74 Å². The second-order valence-electron chi connectivity index (χ2n) is 4.19. The molecule has 2 aromatic rings. The Morgan fingerprint density at radius 2 is 1.89 bits per heavy atom. The second kappa shape index (κ2) is 5.89. The first-order valence-corrected chi connectivity index (χ1v) is 6.16. The first kappa shape index (κ1) is 12.9. The van der Waals surface area contributed by atoms with Crippen LogP contribution in [0.1, 0.15) is 17.2 Å². The maximum absolute atomic E-state index is 9.98. The van der Waals surface area contributed by atoms with Crippen molar-refractivity contribution in [1.82, 2.24) is 0 Å². The molecule has 0 bridgehead atoms. The van der Waals surface area contributed by atoms with Gasteiger partial charge in [-0.2, -0.15) is 0 Å². The molecular formula is C15H15ClO2. The van der Waals surface area contributed by atoms with Crippen molar-refractivity contribution in [3.63, 3.8) is 0 Å². The van der Waals surface area contributed by atoms with E-state index < -0.39 is 6.10 Å². The molecule has 94 valence electrons. The maximum Gasteiger partial charge on any atom is 0.119 e. The Morgan fingerprint density at radius 1 is 1.17 bits per heavy atom. The Hall–Kier alpha value is -1.51. The average Bonchev–Trinajstić information content (AvgIpc) is 2.38. The number of aryl methyl sites for hydroxylation is 1. The molecule has 2 aromatic carbocycles. The second-order valence-corrected chi connectivity index (χ2v) is 4.63. The summed E-state index contributed by atoms with van der Waals surface area (Å²) in [4.78, 5) is 0.